The summed E-state index contributed by atoms with van der Waals surface area (Å²) < 4.78 is 43.2. The van der Waals surface area contributed by atoms with E-state index in [-0.39, 0.29) is 12.3 Å². The van der Waals surface area contributed by atoms with Crippen LogP contribution in [0.5, 0.6) is 5.75 Å². The summed E-state index contributed by atoms with van der Waals surface area (Å²) in [5, 5.41) is 0. The van der Waals surface area contributed by atoms with Crippen LogP contribution in [0.4, 0.5) is 19.0 Å². The van der Waals surface area contributed by atoms with E-state index in [1.165, 1.54) is 6.07 Å². The first-order chi connectivity index (χ1) is 13.3. The molecule has 1 aromatic heterocycles. The maximum atomic E-state index is 12.6. The molecule has 0 bridgehead atoms. The number of benzene rings is 1. The molecule has 150 valence electrons. The van der Waals surface area contributed by atoms with Gasteiger partial charge in [-0.05, 0) is 36.2 Å². The zero-order chi connectivity index (χ0) is 20.3. The van der Waals surface area contributed by atoms with Crippen LogP contribution in [0.15, 0.2) is 36.5 Å². The molecule has 1 amide bonds. The number of amides is 1. The van der Waals surface area contributed by atoms with E-state index in [4.69, 9.17) is 4.74 Å². The molecule has 0 saturated carbocycles. The van der Waals surface area contributed by atoms with Crippen LogP contribution in [0.3, 0.4) is 0 Å². The SMILES string of the molecule is COc1cc(CC(=O)N2CCN(c3ccc(C(F)(F)F)cn3)CC2)ccc1C. The van der Waals surface area contributed by atoms with E-state index in [0.717, 1.165) is 29.1 Å². The van der Waals surface area contributed by atoms with E-state index in [1.54, 1.807) is 12.0 Å². The maximum absolute atomic E-state index is 12.6. The molecule has 3 rings (SSSR count). The predicted octanol–water partition coefficient (Wildman–Crippen LogP) is 3.31. The number of aryl methyl sites for hydroxylation is 1. The third kappa shape index (κ3) is 4.55. The van der Waals surface area contributed by atoms with Crippen molar-refractivity contribution in [3.63, 3.8) is 0 Å². The molecule has 0 N–H and O–H groups in total. The van der Waals surface area contributed by atoms with Gasteiger partial charge in [0.15, 0.2) is 0 Å². The summed E-state index contributed by atoms with van der Waals surface area (Å²) in [6.07, 6.45) is -3.26. The van der Waals surface area contributed by atoms with Crippen molar-refractivity contribution >= 4 is 11.7 Å². The lowest BCUT2D eigenvalue weighted by Crippen LogP contribution is -2.49. The Bertz CT molecular complexity index is 830. The summed E-state index contributed by atoms with van der Waals surface area (Å²) in [6.45, 7) is 4.01. The predicted molar refractivity (Wildman–Crippen MR) is 99.5 cm³/mol. The van der Waals surface area contributed by atoms with Gasteiger partial charge in [-0.3, -0.25) is 4.79 Å². The second-order valence-electron chi connectivity index (χ2n) is 6.75. The third-order valence-electron chi connectivity index (χ3n) is 4.86. The molecule has 5 nitrogen and oxygen atoms in total. The van der Waals surface area contributed by atoms with Crippen molar-refractivity contribution in [3.8, 4) is 5.75 Å². The second-order valence-corrected chi connectivity index (χ2v) is 6.75. The van der Waals surface area contributed by atoms with Crippen LogP contribution in [0, 0.1) is 6.92 Å². The van der Waals surface area contributed by atoms with Crippen molar-refractivity contribution in [1.29, 1.82) is 0 Å². The van der Waals surface area contributed by atoms with E-state index in [1.807, 2.05) is 30.0 Å². The Hall–Kier alpha value is -2.77. The highest BCUT2D eigenvalue weighted by atomic mass is 19.4. The fraction of sp³-hybridized carbons (Fsp3) is 0.400. The number of carbonyl (C=O) groups is 1. The Morgan fingerprint density at radius 2 is 1.86 bits per heavy atom. The molecule has 0 aliphatic carbocycles. The van der Waals surface area contributed by atoms with Crippen molar-refractivity contribution in [2.24, 2.45) is 0 Å². The van der Waals surface area contributed by atoms with E-state index >= 15 is 0 Å². The molecule has 1 aliphatic rings. The Kier molecular flexibility index (Phi) is 5.76. The number of nitrogens with zero attached hydrogens (tertiary/aromatic N) is 3. The Morgan fingerprint density at radius 3 is 2.43 bits per heavy atom. The van der Waals surface area contributed by atoms with Crippen molar-refractivity contribution < 1.29 is 22.7 Å². The van der Waals surface area contributed by atoms with Crippen LogP contribution in [-0.4, -0.2) is 49.1 Å². The molecule has 1 aromatic carbocycles. The summed E-state index contributed by atoms with van der Waals surface area (Å²) in [4.78, 5) is 20.2. The first-order valence-electron chi connectivity index (χ1n) is 8.97. The first kappa shape index (κ1) is 20.0. The van der Waals surface area contributed by atoms with Gasteiger partial charge in [-0.25, -0.2) is 4.98 Å². The number of hydrogen-bond donors (Lipinski definition) is 0. The fourth-order valence-corrected chi connectivity index (χ4v) is 3.19. The quantitative estimate of drug-likeness (QED) is 0.800. The van der Waals surface area contributed by atoms with Crippen molar-refractivity contribution in [2.75, 3.05) is 38.2 Å². The minimum absolute atomic E-state index is 0.0194. The number of rotatable bonds is 4. The van der Waals surface area contributed by atoms with Crippen molar-refractivity contribution in [2.45, 2.75) is 19.5 Å². The molecule has 1 saturated heterocycles. The second kappa shape index (κ2) is 8.08. The zero-order valence-electron chi connectivity index (χ0n) is 15.8. The van der Waals surface area contributed by atoms with E-state index in [2.05, 4.69) is 4.98 Å². The van der Waals surface area contributed by atoms with Crippen molar-refractivity contribution in [1.82, 2.24) is 9.88 Å². The van der Waals surface area contributed by atoms with Crippen LogP contribution in [0.2, 0.25) is 0 Å². The van der Waals surface area contributed by atoms with E-state index < -0.39 is 11.7 Å². The standard InChI is InChI=1S/C20H22F3N3O2/c1-14-3-4-15(11-17(14)28-2)12-19(27)26-9-7-25(8-10-26)18-6-5-16(13-24-18)20(21,22)23/h3-6,11,13H,7-10,12H2,1-2H3. The normalized spacial score (nSPS) is 14.9. The molecule has 2 heterocycles. The topological polar surface area (TPSA) is 45.7 Å². The first-order valence-corrected chi connectivity index (χ1v) is 8.97. The van der Waals surface area contributed by atoms with Gasteiger partial charge in [0, 0.05) is 32.4 Å². The summed E-state index contributed by atoms with van der Waals surface area (Å²) in [5.41, 5.74) is 1.13. The Morgan fingerprint density at radius 1 is 1.14 bits per heavy atom. The average Bonchev–Trinajstić information content (AvgIpc) is 2.69. The molecule has 2 aromatic rings. The van der Waals surface area contributed by atoms with Crippen LogP contribution < -0.4 is 9.64 Å². The third-order valence-corrected chi connectivity index (χ3v) is 4.86. The highest BCUT2D eigenvalue weighted by Crippen LogP contribution is 2.29. The minimum Gasteiger partial charge on any atom is -0.496 e. The molecular formula is C20H22F3N3O2. The van der Waals surface area contributed by atoms with E-state index in [0.29, 0.717) is 32.0 Å². The van der Waals surface area contributed by atoms with Crippen molar-refractivity contribution in [3.05, 3.63) is 53.2 Å². The van der Waals surface area contributed by atoms with Gasteiger partial charge in [0.25, 0.3) is 0 Å². The summed E-state index contributed by atoms with van der Waals surface area (Å²) in [7, 11) is 1.60. The van der Waals surface area contributed by atoms with Crippen LogP contribution in [0.25, 0.3) is 0 Å². The largest absolute Gasteiger partial charge is 0.496 e. The van der Waals surface area contributed by atoms with Gasteiger partial charge in [-0.1, -0.05) is 12.1 Å². The minimum atomic E-state index is -4.39. The van der Waals surface area contributed by atoms with Gasteiger partial charge in [-0.15, -0.1) is 0 Å². The Balaban J connectivity index is 1.57. The van der Waals surface area contributed by atoms with Gasteiger partial charge in [0.1, 0.15) is 11.6 Å². The molecule has 1 aliphatic heterocycles. The highest BCUT2D eigenvalue weighted by Gasteiger charge is 2.31. The molecule has 1 fully saturated rings. The summed E-state index contributed by atoms with van der Waals surface area (Å²) in [6, 6.07) is 8.12. The summed E-state index contributed by atoms with van der Waals surface area (Å²) >= 11 is 0. The lowest BCUT2D eigenvalue weighted by atomic mass is 10.1. The van der Waals surface area contributed by atoms with Gasteiger partial charge < -0.3 is 14.5 Å². The number of hydrogen-bond acceptors (Lipinski definition) is 4. The van der Waals surface area contributed by atoms with Gasteiger partial charge >= 0.3 is 6.18 Å². The number of pyridine rings is 1. The molecular weight excluding hydrogens is 371 g/mol. The molecule has 0 unspecified atom stereocenters. The average molecular weight is 393 g/mol. The number of carbonyl (C=O) groups excluding carboxylic acids is 1. The van der Waals surface area contributed by atoms with E-state index in [9.17, 15) is 18.0 Å². The van der Waals surface area contributed by atoms with Gasteiger partial charge in [0.05, 0.1) is 19.1 Å². The molecule has 0 atom stereocenters. The molecule has 0 radical (unpaired) electrons. The number of piperazine rings is 1. The molecule has 28 heavy (non-hydrogen) atoms. The number of aromatic nitrogens is 1. The lowest BCUT2D eigenvalue weighted by molar-refractivity contribution is -0.137. The lowest BCUT2D eigenvalue weighted by Gasteiger charge is -2.35. The Labute approximate surface area is 161 Å². The summed E-state index contributed by atoms with van der Waals surface area (Å²) in [5.74, 6) is 1.26. The number of alkyl halides is 3. The zero-order valence-corrected chi connectivity index (χ0v) is 15.8. The van der Waals surface area contributed by atoms with Crippen LogP contribution in [0.1, 0.15) is 16.7 Å². The van der Waals surface area contributed by atoms with Crippen LogP contribution >= 0.6 is 0 Å². The molecule has 8 heteroatoms. The monoisotopic (exact) mass is 393 g/mol. The van der Waals surface area contributed by atoms with Gasteiger partial charge in [-0.2, -0.15) is 13.2 Å². The number of methoxy groups -OCH3 is 1. The highest BCUT2D eigenvalue weighted by molar-refractivity contribution is 5.79. The smallest absolute Gasteiger partial charge is 0.417 e. The number of ether oxygens (including phenoxy) is 1. The van der Waals surface area contributed by atoms with Gasteiger partial charge in [0.2, 0.25) is 5.91 Å². The molecule has 0 spiro atoms. The van der Waals surface area contributed by atoms with Crippen LogP contribution in [-0.2, 0) is 17.4 Å². The fourth-order valence-electron chi connectivity index (χ4n) is 3.19. The maximum Gasteiger partial charge on any atom is 0.417 e. The number of halogens is 3. The number of anilines is 1.